The Labute approximate surface area is 494 Å². The molecule has 0 saturated carbocycles. The summed E-state index contributed by atoms with van der Waals surface area (Å²) < 4.78 is 21.3. The van der Waals surface area contributed by atoms with Gasteiger partial charge in [-0.05, 0) is 156 Å². The number of aromatic amines is 2. The molecular weight excluding hydrogens is 1120 g/mol. The Morgan fingerprint density at radius 1 is 0.453 bits per heavy atom. The van der Waals surface area contributed by atoms with E-state index >= 15 is 0 Å². The number of nitrogens with one attached hydrogen (secondary N) is 10. The Morgan fingerprint density at radius 2 is 0.744 bits per heavy atom. The number of benzene rings is 2. The Morgan fingerprint density at radius 3 is 1.02 bits per heavy atom. The van der Waals surface area contributed by atoms with Gasteiger partial charge < -0.3 is 39.5 Å². The number of ether oxygens (including phenoxy) is 4. The first-order valence-electron chi connectivity index (χ1n) is 27.3. The summed E-state index contributed by atoms with van der Waals surface area (Å²) in [5.74, 6) is -9.08. The van der Waals surface area contributed by atoms with Crippen LogP contribution in [0.2, 0.25) is 0 Å². The molecule has 0 aliphatic carbocycles. The van der Waals surface area contributed by atoms with Crippen LogP contribution in [0.3, 0.4) is 0 Å². The van der Waals surface area contributed by atoms with Crippen molar-refractivity contribution < 1.29 is 76.5 Å². The van der Waals surface area contributed by atoms with Crippen molar-refractivity contribution >= 4 is 94.1 Å². The van der Waals surface area contributed by atoms with Gasteiger partial charge in [0.05, 0.1) is 0 Å². The molecule has 0 saturated heterocycles. The van der Waals surface area contributed by atoms with Crippen molar-refractivity contribution in [1.82, 2.24) is 51.7 Å². The SMILES string of the molecule is Cc1c(C(=O)OC(C)(C)C)[nH]c(C(=O)NC(=N)NC(=O)OC(C)(C)C)c1CCC(=O)NCCN1C(=O)c2ccc3c4c(ccc(c24)C1=O)C(=O)N(CCNC(=O)CCc1c(C(=O)NC(=N)NC(=O)OC(C)(C)C)[nH]c(C(=O)OC(C)(C)C)c1C)C3=O. The zero-order chi connectivity index (χ0) is 64.3. The molecule has 28 nitrogen and oxygen atoms in total. The molecule has 4 aromatic rings. The van der Waals surface area contributed by atoms with Crippen molar-refractivity contribution in [2.45, 2.75) is 145 Å². The van der Waals surface area contributed by atoms with Crippen LogP contribution in [0.4, 0.5) is 9.59 Å². The zero-order valence-corrected chi connectivity index (χ0v) is 50.4. The van der Waals surface area contributed by atoms with Gasteiger partial charge in [0.25, 0.3) is 35.4 Å². The average Bonchev–Trinajstić information content (AvgIpc) is 0.994. The third-order valence-corrected chi connectivity index (χ3v) is 12.7. The van der Waals surface area contributed by atoms with Gasteiger partial charge in [0.15, 0.2) is 0 Å². The molecule has 86 heavy (non-hydrogen) atoms. The number of nitrogens with zero attached hydrogens (tertiary/aromatic N) is 2. The number of imide groups is 2. The highest BCUT2D eigenvalue weighted by Crippen LogP contribution is 2.38. The van der Waals surface area contributed by atoms with Gasteiger partial charge in [0.2, 0.25) is 23.7 Å². The van der Waals surface area contributed by atoms with E-state index in [2.05, 4.69) is 41.9 Å². The molecule has 28 heteroatoms. The van der Waals surface area contributed by atoms with Crippen LogP contribution in [0, 0.1) is 24.7 Å². The molecular formula is C58H72N12O16. The van der Waals surface area contributed by atoms with Gasteiger partial charge in [-0.25, -0.2) is 19.2 Å². The Kier molecular flexibility index (Phi) is 19.2. The maximum absolute atomic E-state index is 14.0. The fraction of sp³-hybridized carbons (Fsp3) is 0.448. The van der Waals surface area contributed by atoms with E-state index in [9.17, 15) is 57.5 Å². The van der Waals surface area contributed by atoms with E-state index in [1.54, 1.807) is 83.1 Å². The highest BCUT2D eigenvalue weighted by Gasteiger charge is 2.40. The topological polar surface area (TPSA) is 400 Å². The lowest BCUT2D eigenvalue weighted by Gasteiger charge is -2.32. The first-order chi connectivity index (χ1) is 39.7. The highest BCUT2D eigenvalue weighted by molar-refractivity contribution is 6.33. The summed E-state index contributed by atoms with van der Waals surface area (Å²) >= 11 is 0. The van der Waals surface area contributed by atoms with Gasteiger partial charge in [-0.2, -0.15) is 0 Å². The molecule has 2 aliphatic heterocycles. The van der Waals surface area contributed by atoms with Crippen LogP contribution in [-0.4, -0.2) is 152 Å². The molecule has 10 N–H and O–H groups in total. The number of aromatic nitrogens is 2. The number of H-pyrrole nitrogens is 2. The summed E-state index contributed by atoms with van der Waals surface area (Å²) in [6.07, 6.45) is -2.77. The maximum Gasteiger partial charge on any atom is 0.414 e. The zero-order valence-electron chi connectivity index (χ0n) is 50.4. The van der Waals surface area contributed by atoms with Crippen molar-refractivity contribution in [3.8, 4) is 0 Å². The largest absolute Gasteiger partial charge is 0.455 e. The molecule has 6 rings (SSSR count). The van der Waals surface area contributed by atoms with Crippen molar-refractivity contribution in [3.05, 3.63) is 91.5 Å². The molecule has 0 unspecified atom stereocenters. The number of esters is 2. The van der Waals surface area contributed by atoms with E-state index in [0.717, 1.165) is 9.80 Å². The lowest BCUT2D eigenvalue weighted by atomic mass is 9.86. The van der Waals surface area contributed by atoms with Crippen LogP contribution >= 0.6 is 0 Å². The molecule has 0 fully saturated rings. The van der Waals surface area contributed by atoms with Crippen molar-refractivity contribution in [2.75, 3.05) is 26.2 Å². The number of hydrogen-bond acceptors (Lipinski definition) is 18. The monoisotopic (exact) mass is 1190 g/mol. The lowest BCUT2D eigenvalue weighted by Crippen LogP contribution is -2.46. The van der Waals surface area contributed by atoms with Crippen LogP contribution in [0.1, 0.15) is 202 Å². The molecule has 0 spiro atoms. The molecule has 4 heterocycles. The molecule has 0 atom stereocenters. The van der Waals surface area contributed by atoms with E-state index in [1.807, 2.05) is 0 Å². The van der Waals surface area contributed by atoms with Crippen molar-refractivity contribution in [3.63, 3.8) is 0 Å². The fourth-order valence-corrected chi connectivity index (χ4v) is 9.22. The second-order valence-electron chi connectivity index (χ2n) is 24.2. The minimum atomic E-state index is -1.00. The predicted octanol–water partition coefficient (Wildman–Crippen LogP) is 5.09. The van der Waals surface area contributed by atoms with Gasteiger partial charge in [0.1, 0.15) is 45.2 Å². The van der Waals surface area contributed by atoms with Crippen molar-refractivity contribution in [2.24, 2.45) is 0 Å². The van der Waals surface area contributed by atoms with Gasteiger partial charge in [-0.3, -0.25) is 80.2 Å². The Bertz CT molecular complexity index is 3250. The molecule has 2 aromatic heterocycles. The number of carbonyl (C=O) groups is 12. The number of guanidine groups is 2. The number of alkyl carbamates (subject to hydrolysis) is 2. The molecule has 10 amide bonds. The van der Waals surface area contributed by atoms with Crippen LogP contribution in [0.15, 0.2) is 24.3 Å². The minimum absolute atomic E-state index is 0.0176. The first kappa shape index (κ1) is 65.4. The third-order valence-electron chi connectivity index (χ3n) is 12.7. The number of carbonyl (C=O) groups excluding carboxylic acids is 12. The number of rotatable bonds is 16. The summed E-state index contributed by atoms with van der Waals surface area (Å²) in [6, 6.07) is 5.44. The van der Waals surface area contributed by atoms with Gasteiger partial charge in [-0.1, -0.05) is 0 Å². The summed E-state index contributed by atoms with van der Waals surface area (Å²) in [4.78, 5) is 168. The lowest BCUT2D eigenvalue weighted by molar-refractivity contribution is -0.121. The van der Waals surface area contributed by atoms with E-state index in [1.165, 1.54) is 38.1 Å². The van der Waals surface area contributed by atoms with E-state index < -0.39 is 106 Å². The summed E-state index contributed by atoms with van der Waals surface area (Å²) in [7, 11) is 0. The summed E-state index contributed by atoms with van der Waals surface area (Å²) in [5, 5.41) is 30.4. The maximum atomic E-state index is 14.0. The van der Waals surface area contributed by atoms with Gasteiger partial charge in [0, 0.05) is 72.0 Å². The molecule has 460 valence electrons. The summed E-state index contributed by atoms with van der Waals surface area (Å²) in [5.41, 5.74) is -3.10. The molecule has 2 aliphatic rings. The summed E-state index contributed by atoms with van der Waals surface area (Å²) in [6.45, 7) is 21.6. The minimum Gasteiger partial charge on any atom is -0.455 e. The Balaban J connectivity index is 1.08. The van der Waals surface area contributed by atoms with Crippen molar-refractivity contribution in [1.29, 1.82) is 10.8 Å². The van der Waals surface area contributed by atoms with E-state index in [4.69, 9.17) is 29.8 Å². The predicted molar refractivity (Wildman–Crippen MR) is 308 cm³/mol. The molecule has 2 aromatic carbocycles. The second kappa shape index (κ2) is 25.2. The smallest absolute Gasteiger partial charge is 0.414 e. The van der Waals surface area contributed by atoms with Crippen LogP contribution < -0.4 is 31.9 Å². The third kappa shape index (κ3) is 15.9. The van der Waals surface area contributed by atoms with Crippen LogP contribution in [-0.2, 0) is 41.4 Å². The van der Waals surface area contributed by atoms with Gasteiger partial charge >= 0.3 is 24.1 Å². The number of hydrogen-bond donors (Lipinski definition) is 10. The second-order valence-corrected chi connectivity index (χ2v) is 24.2. The Hall–Kier alpha value is -9.76. The molecule has 0 bridgehead atoms. The highest BCUT2D eigenvalue weighted by atomic mass is 16.6. The standard InChI is InChI=1S/C58H72N12O16/c1-27-29(41(63-39(27)49(79)83-55(3,4)5)43(73)65-51(59)67-53(81)85-57(9,10)11)19-21-35(71)61-23-25-69-45(75)31-15-17-33-38-34(18-16-32(37(31)38)46(69)76)48(78)70(47(33)77)26-24-62-36(72)22-20-30-28(2)40(50(80)84-56(6,7)8)64-42(30)44(74)66-52(60)68-54(82)86-58(12,13)14/h15-18,63-64H,19-26H2,1-14H3,(H,61,71)(H,62,72)(H3,59,65,67,73,81)(H3,60,66,68,74,82). The fourth-order valence-electron chi connectivity index (χ4n) is 9.22. The molecule has 0 radical (unpaired) electrons. The quantitative estimate of drug-likeness (QED) is 0.0229. The number of amides is 10. The van der Waals surface area contributed by atoms with E-state index in [0.29, 0.717) is 0 Å². The van der Waals surface area contributed by atoms with Crippen LogP contribution in [0.25, 0.3) is 10.8 Å². The average molecular weight is 1190 g/mol. The van der Waals surface area contributed by atoms with Crippen LogP contribution in [0.5, 0.6) is 0 Å². The van der Waals surface area contributed by atoms with E-state index in [-0.39, 0.29) is 130 Å². The normalized spacial score (nSPS) is 13.2. The van der Waals surface area contributed by atoms with Gasteiger partial charge in [-0.15, -0.1) is 0 Å². The first-order valence-corrected chi connectivity index (χ1v) is 27.3.